The first kappa shape index (κ1) is 20.1. The third-order valence-corrected chi connectivity index (χ3v) is 5.59. The van der Waals surface area contributed by atoms with E-state index in [9.17, 15) is 9.18 Å². The highest BCUT2D eigenvalue weighted by Gasteiger charge is 2.11. The summed E-state index contributed by atoms with van der Waals surface area (Å²) in [6.45, 7) is 0. The Morgan fingerprint density at radius 3 is 2.63 bits per heavy atom. The molecule has 0 aliphatic rings. The van der Waals surface area contributed by atoms with Crippen LogP contribution in [0.5, 0.6) is 11.5 Å². The molecule has 0 radical (unpaired) electrons. The van der Waals surface area contributed by atoms with Crippen molar-refractivity contribution in [3.8, 4) is 11.5 Å². The summed E-state index contributed by atoms with van der Waals surface area (Å²) in [5.41, 5.74) is 0.637. The van der Waals surface area contributed by atoms with Crippen LogP contribution in [-0.4, -0.2) is 28.8 Å². The number of benzene rings is 2. The van der Waals surface area contributed by atoms with Gasteiger partial charge in [0.1, 0.15) is 5.82 Å². The Kier molecular flexibility index (Phi) is 5.52. The third kappa shape index (κ3) is 3.79. The van der Waals surface area contributed by atoms with Crippen molar-refractivity contribution >= 4 is 46.1 Å². The van der Waals surface area contributed by atoms with Crippen LogP contribution in [0.4, 0.5) is 4.39 Å². The Balaban J connectivity index is 1.67. The first-order valence-corrected chi connectivity index (χ1v) is 9.95. The second-order valence-corrected chi connectivity index (χ2v) is 7.58. The number of aromatic nitrogens is 3. The monoisotopic (exact) mass is 443 g/mol. The number of methoxy groups -OCH3 is 2. The molecular weight excluding hydrogens is 429 g/mol. The average molecular weight is 444 g/mol. The first-order chi connectivity index (χ1) is 14.5. The van der Waals surface area contributed by atoms with Gasteiger partial charge in [0.05, 0.1) is 23.8 Å². The van der Waals surface area contributed by atoms with E-state index >= 15 is 0 Å². The molecule has 30 heavy (non-hydrogen) atoms. The lowest BCUT2D eigenvalue weighted by atomic mass is 10.2. The molecule has 0 unspecified atom stereocenters. The van der Waals surface area contributed by atoms with Gasteiger partial charge in [0.2, 0.25) is 4.96 Å². The van der Waals surface area contributed by atoms with Crippen LogP contribution in [0.2, 0.25) is 5.02 Å². The molecule has 2 heterocycles. The molecule has 0 aliphatic heterocycles. The summed E-state index contributed by atoms with van der Waals surface area (Å²) >= 11 is 7.15. The van der Waals surface area contributed by atoms with E-state index in [-0.39, 0.29) is 16.1 Å². The number of hydrogen-bond acceptors (Lipinski definition) is 6. The zero-order valence-corrected chi connectivity index (χ0v) is 17.5. The predicted octanol–water partition coefficient (Wildman–Crippen LogP) is 3.68. The van der Waals surface area contributed by atoms with Crippen LogP contribution in [-0.2, 0) is 0 Å². The maximum atomic E-state index is 14.0. The van der Waals surface area contributed by atoms with Crippen LogP contribution in [0.25, 0.3) is 23.2 Å². The van der Waals surface area contributed by atoms with Crippen LogP contribution < -0.4 is 19.6 Å². The first-order valence-electron chi connectivity index (χ1n) is 8.75. The van der Waals surface area contributed by atoms with Gasteiger partial charge in [-0.2, -0.15) is 9.50 Å². The number of ether oxygens (including phenoxy) is 2. The number of fused-ring (bicyclic) bond motifs is 1. The summed E-state index contributed by atoms with van der Waals surface area (Å²) in [5.74, 6) is 1.11. The van der Waals surface area contributed by atoms with Crippen LogP contribution >= 0.6 is 22.9 Å². The molecule has 0 bridgehead atoms. The third-order valence-electron chi connectivity index (χ3n) is 4.31. The fourth-order valence-electron chi connectivity index (χ4n) is 2.83. The lowest BCUT2D eigenvalue weighted by Gasteiger charge is -2.07. The summed E-state index contributed by atoms with van der Waals surface area (Å²) in [7, 11) is 3.14. The maximum absolute atomic E-state index is 14.0. The van der Waals surface area contributed by atoms with Gasteiger partial charge in [-0.3, -0.25) is 4.79 Å². The van der Waals surface area contributed by atoms with Gasteiger partial charge in [0.15, 0.2) is 17.3 Å². The van der Waals surface area contributed by atoms with Gasteiger partial charge >= 0.3 is 0 Å². The van der Waals surface area contributed by atoms with Crippen molar-refractivity contribution in [3.05, 3.63) is 79.1 Å². The van der Waals surface area contributed by atoms with Gasteiger partial charge in [-0.05, 0) is 42.0 Å². The topological polar surface area (TPSA) is 65.7 Å². The highest BCUT2D eigenvalue weighted by Crippen LogP contribution is 2.28. The fraction of sp³-hybridized carbons (Fsp3) is 0.0952. The molecule has 4 rings (SSSR count). The number of hydrogen-bond donors (Lipinski definition) is 0. The minimum absolute atomic E-state index is 0.161. The van der Waals surface area contributed by atoms with Crippen molar-refractivity contribution in [1.82, 2.24) is 14.6 Å². The standard InChI is InChI=1S/C21H15ClFN3O3S/c1-28-16-8-6-12(10-17(16)29-2)7-9-19-24-21-26(25-19)20(27)18(30-21)11-13-14(22)4-3-5-15(13)23/h3-11H,1-2H3/b9-7+,18-11-. The summed E-state index contributed by atoms with van der Waals surface area (Å²) in [5, 5.41) is 4.45. The number of rotatable bonds is 5. The molecule has 2 aromatic carbocycles. The van der Waals surface area contributed by atoms with Gasteiger partial charge in [0.25, 0.3) is 5.56 Å². The zero-order valence-electron chi connectivity index (χ0n) is 15.9. The van der Waals surface area contributed by atoms with E-state index in [0.29, 0.717) is 26.8 Å². The molecule has 6 nitrogen and oxygen atoms in total. The predicted molar refractivity (Wildman–Crippen MR) is 116 cm³/mol. The minimum atomic E-state index is -0.501. The quantitative estimate of drug-likeness (QED) is 0.471. The van der Waals surface area contributed by atoms with Gasteiger partial charge in [-0.25, -0.2) is 4.39 Å². The summed E-state index contributed by atoms with van der Waals surface area (Å²) in [4.78, 5) is 17.4. The van der Waals surface area contributed by atoms with Crippen molar-refractivity contribution in [2.45, 2.75) is 0 Å². The van der Waals surface area contributed by atoms with Crippen LogP contribution in [0.3, 0.4) is 0 Å². The Labute approximate surface area is 179 Å². The van der Waals surface area contributed by atoms with Crippen LogP contribution in [0, 0.1) is 5.82 Å². The van der Waals surface area contributed by atoms with Crippen molar-refractivity contribution in [3.63, 3.8) is 0 Å². The Bertz CT molecular complexity index is 1360. The molecule has 152 valence electrons. The molecule has 0 saturated heterocycles. The molecule has 0 N–H and O–H groups in total. The van der Waals surface area contributed by atoms with E-state index in [1.54, 1.807) is 38.5 Å². The summed E-state index contributed by atoms with van der Waals surface area (Å²) < 4.78 is 26.0. The molecule has 9 heteroatoms. The molecule has 0 amide bonds. The van der Waals surface area contributed by atoms with Crippen LogP contribution in [0.15, 0.2) is 41.2 Å². The summed E-state index contributed by atoms with van der Waals surface area (Å²) in [6.07, 6.45) is 4.91. The highest BCUT2D eigenvalue weighted by atomic mass is 35.5. The highest BCUT2D eigenvalue weighted by molar-refractivity contribution is 7.15. The van der Waals surface area contributed by atoms with Gasteiger partial charge in [0, 0.05) is 5.56 Å². The minimum Gasteiger partial charge on any atom is -0.493 e. The Morgan fingerprint density at radius 1 is 1.13 bits per heavy atom. The number of thiazole rings is 1. The van der Waals surface area contributed by atoms with E-state index < -0.39 is 5.82 Å². The van der Waals surface area contributed by atoms with E-state index in [4.69, 9.17) is 21.1 Å². The largest absolute Gasteiger partial charge is 0.493 e. The number of halogens is 2. The second-order valence-electron chi connectivity index (χ2n) is 6.16. The number of nitrogens with zero attached hydrogens (tertiary/aromatic N) is 3. The fourth-order valence-corrected chi connectivity index (χ4v) is 3.94. The molecular formula is C21H15ClFN3O3S. The van der Waals surface area contributed by atoms with Gasteiger partial charge in [-0.1, -0.05) is 41.1 Å². The van der Waals surface area contributed by atoms with E-state index in [2.05, 4.69) is 10.1 Å². The smallest absolute Gasteiger partial charge is 0.291 e. The van der Waals surface area contributed by atoms with Crippen molar-refractivity contribution in [2.24, 2.45) is 0 Å². The average Bonchev–Trinajstić information content (AvgIpc) is 3.27. The van der Waals surface area contributed by atoms with Crippen molar-refractivity contribution < 1.29 is 13.9 Å². The molecule has 2 aromatic heterocycles. The van der Waals surface area contributed by atoms with Crippen molar-refractivity contribution in [1.29, 1.82) is 0 Å². The second kappa shape index (κ2) is 8.25. The van der Waals surface area contributed by atoms with Gasteiger partial charge < -0.3 is 9.47 Å². The van der Waals surface area contributed by atoms with E-state index in [0.717, 1.165) is 16.9 Å². The molecule has 0 spiro atoms. The molecule has 0 saturated carbocycles. The lowest BCUT2D eigenvalue weighted by Crippen LogP contribution is -2.23. The Hall–Kier alpha value is -3.23. The molecule has 4 aromatic rings. The molecule has 0 atom stereocenters. The van der Waals surface area contributed by atoms with Gasteiger partial charge in [-0.15, -0.1) is 5.10 Å². The van der Waals surface area contributed by atoms with E-state index in [1.807, 2.05) is 12.1 Å². The summed E-state index contributed by atoms with van der Waals surface area (Å²) in [6, 6.07) is 9.83. The molecule has 0 aliphatic carbocycles. The van der Waals surface area contributed by atoms with Crippen molar-refractivity contribution in [2.75, 3.05) is 14.2 Å². The lowest BCUT2D eigenvalue weighted by molar-refractivity contribution is 0.355. The molecule has 0 fully saturated rings. The van der Waals surface area contributed by atoms with Crippen LogP contribution in [0.1, 0.15) is 17.0 Å². The zero-order chi connectivity index (χ0) is 21.3. The normalized spacial score (nSPS) is 12.2. The maximum Gasteiger partial charge on any atom is 0.291 e. The Morgan fingerprint density at radius 2 is 1.93 bits per heavy atom. The SMILES string of the molecule is COc1ccc(/C=C/c2nc3s/c(=C\c4c(F)cccc4Cl)c(=O)n3n2)cc1OC. The van der Waals surface area contributed by atoms with E-state index in [1.165, 1.54) is 22.7 Å².